The van der Waals surface area contributed by atoms with Crippen LogP contribution in [0.2, 0.25) is 0 Å². The molecule has 168 valence electrons. The molecule has 1 aliphatic heterocycles. The zero-order chi connectivity index (χ0) is 20.4. The molecule has 0 unspecified atom stereocenters. The van der Waals surface area contributed by atoms with Crippen molar-refractivity contribution >= 4 is 41.8 Å². The van der Waals surface area contributed by atoms with Crippen molar-refractivity contribution in [3.63, 3.8) is 0 Å². The molecule has 2 N–H and O–H groups in total. The third kappa shape index (κ3) is 5.37. The maximum Gasteiger partial charge on any atom is 0.252 e. The first-order valence-electron chi connectivity index (χ1n) is 10.4. The number of halogens is 2. The van der Waals surface area contributed by atoms with Crippen molar-refractivity contribution in [1.82, 2.24) is 25.4 Å². The van der Waals surface area contributed by atoms with E-state index in [1.165, 1.54) is 0 Å². The monoisotopic (exact) mass is 463 g/mol. The van der Waals surface area contributed by atoms with Gasteiger partial charge in [-0.2, -0.15) is 5.10 Å². The number of aromatic nitrogens is 3. The minimum Gasteiger partial charge on any atom is -0.351 e. The van der Waals surface area contributed by atoms with Gasteiger partial charge in [-0.15, -0.1) is 24.8 Å². The highest BCUT2D eigenvalue weighted by Gasteiger charge is 2.28. The Hall–Kier alpha value is -2.15. The number of carbonyl (C=O) groups is 1. The Morgan fingerprint density at radius 2 is 1.87 bits per heavy atom. The van der Waals surface area contributed by atoms with Crippen LogP contribution in [-0.2, 0) is 0 Å². The summed E-state index contributed by atoms with van der Waals surface area (Å²) in [6, 6.07) is 12.0. The van der Waals surface area contributed by atoms with E-state index in [1.807, 2.05) is 41.1 Å². The quantitative estimate of drug-likeness (QED) is 0.577. The van der Waals surface area contributed by atoms with E-state index in [9.17, 15) is 4.79 Å². The van der Waals surface area contributed by atoms with Gasteiger partial charge in [0.2, 0.25) is 0 Å². The summed E-state index contributed by atoms with van der Waals surface area (Å²) in [7, 11) is 0. The molecule has 1 aliphatic rings. The molecule has 1 fully saturated rings. The van der Waals surface area contributed by atoms with Crippen molar-refractivity contribution in [1.29, 1.82) is 0 Å². The average molecular weight is 464 g/mol. The van der Waals surface area contributed by atoms with Crippen LogP contribution in [0.5, 0.6) is 0 Å². The Kier molecular flexibility index (Phi) is 8.46. The molecule has 4 rings (SSSR count). The van der Waals surface area contributed by atoms with Crippen molar-refractivity contribution in [3.05, 3.63) is 48.2 Å². The van der Waals surface area contributed by atoms with Crippen LogP contribution in [0.4, 0.5) is 0 Å². The van der Waals surface area contributed by atoms with Crippen molar-refractivity contribution in [3.8, 4) is 11.3 Å². The second kappa shape index (κ2) is 10.4. The second-order valence-electron chi connectivity index (χ2n) is 8.58. The van der Waals surface area contributed by atoms with Gasteiger partial charge in [0.1, 0.15) is 0 Å². The highest BCUT2D eigenvalue weighted by molar-refractivity contribution is 6.06. The second-order valence-corrected chi connectivity index (χ2v) is 8.58. The molecular formula is C23H31Cl2N5O. The molecule has 3 heterocycles. The highest BCUT2D eigenvalue weighted by atomic mass is 35.5. The van der Waals surface area contributed by atoms with E-state index in [4.69, 9.17) is 4.98 Å². The summed E-state index contributed by atoms with van der Waals surface area (Å²) in [5.74, 6) is -0.0577. The van der Waals surface area contributed by atoms with Gasteiger partial charge in [0.25, 0.3) is 5.91 Å². The molecule has 8 heteroatoms. The number of rotatable bonds is 5. The van der Waals surface area contributed by atoms with Gasteiger partial charge >= 0.3 is 0 Å². The van der Waals surface area contributed by atoms with Crippen LogP contribution < -0.4 is 10.6 Å². The molecule has 0 atom stereocenters. The SMILES string of the molecule is CC(C)n1ncc2c(C(=O)NCC3(C)CCNCC3)cc(-c3ccccc3)nc21.Cl.Cl. The average Bonchev–Trinajstić information content (AvgIpc) is 3.17. The zero-order valence-corrected chi connectivity index (χ0v) is 19.9. The van der Waals surface area contributed by atoms with Gasteiger partial charge in [0.05, 0.1) is 22.8 Å². The minimum absolute atomic E-state index is 0. The van der Waals surface area contributed by atoms with E-state index in [-0.39, 0.29) is 42.2 Å². The van der Waals surface area contributed by atoms with Gasteiger partial charge < -0.3 is 10.6 Å². The van der Waals surface area contributed by atoms with Crippen molar-refractivity contribution in [2.75, 3.05) is 19.6 Å². The number of carbonyl (C=O) groups excluding carboxylic acids is 1. The molecule has 1 saturated heterocycles. The van der Waals surface area contributed by atoms with Gasteiger partial charge in [-0.05, 0) is 51.3 Å². The van der Waals surface area contributed by atoms with Gasteiger partial charge in [-0.1, -0.05) is 37.3 Å². The molecule has 3 aromatic rings. The van der Waals surface area contributed by atoms with Crippen LogP contribution in [0.1, 0.15) is 50.0 Å². The topological polar surface area (TPSA) is 71.8 Å². The largest absolute Gasteiger partial charge is 0.351 e. The maximum absolute atomic E-state index is 13.2. The van der Waals surface area contributed by atoms with Gasteiger partial charge in [-0.3, -0.25) is 4.79 Å². The lowest BCUT2D eigenvalue weighted by atomic mass is 9.81. The Balaban J connectivity index is 0.00000171. The van der Waals surface area contributed by atoms with Crippen LogP contribution in [-0.4, -0.2) is 40.3 Å². The number of hydrogen-bond donors (Lipinski definition) is 2. The number of amides is 1. The molecule has 1 amide bonds. The summed E-state index contributed by atoms with van der Waals surface area (Å²) in [6.45, 7) is 9.08. The normalized spacial score (nSPS) is 15.2. The summed E-state index contributed by atoms with van der Waals surface area (Å²) in [4.78, 5) is 18.1. The third-order valence-corrected chi connectivity index (χ3v) is 5.86. The lowest BCUT2D eigenvalue weighted by molar-refractivity contribution is 0.0924. The first-order valence-corrected chi connectivity index (χ1v) is 10.4. The number of benzene rings is 1. The molecule has 6 nitrogen and oxygen atoms in total. The molecule has 2 aromatic heterocycles. The Labute approximate surface area is 196 Å². The number of nitrogens with one attached hydrogen (secondary N) is 2. The van der Waals surface area contributed by atoms with Crippen LogP contribution in [0.25, 0.3) is 22.3 Å². The van der Waals surface area contributed by atoms with E-state index in [2.05, 4.69) is 36.5 Å². The molecule has 0 radical (unpaired) electrons. The molecule has 0 saturated carbocycles. The summed E-state index contributed by atoms with van der Waals surface area (Å²) in [6.07, 6.45) is 3.90. The minimum atomic E-state index is -0.0577. The van der Waals surface area contributed by atoms with Crippen molar-refractivity contribution in [2.45, 2.75) is 39.7 Å². The number of piperidine rings is 1. The lowest BCUT2D eigenvalue weighted by Gasteiger charge is -2.34. The van der Waals surface area contributed by atoms with Gasteiger partial charge in [0.15, 0.2) is 5.65 Å². The fourth-order valence-electron chi connectivity index (χ4n) is 3.94. The Morgan fingerprint density at radius 3 is 2.52 bits per heavy atom. The third-order valence-electron chi connectivity index (χ3n) is 5.86. The predicted octanol–water partition coefficient (Wildman–Crippen LogP) is 4.64. The van der Waals surface area contributed by atoms with E-state index in [0.29, 0.717) is 12.1 Å². The molecule has 0 bridgehead atoms. The Bertz CT molecular complexity index is 1010. The number of pyridine rings is 1. The number of fused-ring (bicyclic) bond motifs is 1. The number of nitrogens with zero attached hydrogens (tertiary/aromatic N) is 3. The molecule has 0 aliphatic carbocycles. The van der Waals surface area contributed by atoms with Crippen LogP contribution in [0.3, 0.4) is 0 Å². The predicted molar refractivity (Wildman–Crippen MR) is 130 cm³/mol. The van der Waals surface area contributed by atoms with E-state index < -0.39 is 0 Å². The standard InChI is InChI=1S/C23H29N5O.2ClH/c1-16(2)28-21-19(14-26-28)18(13-20(27-21)17-7-5-4-6-8-17)22(29)25-15-23(3)9-11-24-12-10-23;;/h4-8,13-14,16,24H,9-12,15H2,1-3H3,(H,25,29);2*1H. The molecule has 1 aromatic carbocycles. The van der Waals surface area contributed by atoms with E-state index >= 15 is 0 Å². The summed E-state index contributed by atoms with van der Waals surface area (Å²) in [5.41, 5.74) is 3.30. The van der Waals surface area contributed by atoms with Gasteiger partial charge in [-0.25, -0.2) is 9.67 Å². The molecule has 31 heavy (non-hydrogen) atoms. The zero-order valence-electron chi connectivity index (χ0n) is 18.2. The highest BCUT2D eigenvalue weighted by Crippen LogP contribution is 2.28. The first kappa shape index (κ1) is 25.1. The van der Waals surface area contributed by atoms with Gasteiger partial charge in [0, 0.05) is 18.2 Å². The van der Waals surface area contributed by atoms with Crippen molar-refractivity contribution < 1.29 is 4.79 Å². The first-order chi connectivity index (χ1) is 14.0. The summed E-state index contributed by atoms with van der Waals surface area (Å²) >= 11 is 0. The maximum atomic E-state index is 13.2. The molecular weight excluding hydrogens is 433 g/mol. The summed E-state index contributed by atoms with van der Waals surface area (Å²) in [5, 5.41) is 11.9. The van der Waals surface area contributed by atoms with E-state index in [0.717, 1.165) is 48.2 Å². The number of hydrogen-bond acceptors (Lipinski definition) is 4. The van der Waals surface area contributed by atoms with Crippen LogP contribution in [0, 0.1) is 5.41 Å². The van der Waals surface area contributed by atoms with Crippen molar-refractivity contribution in [2.24, 2.45) is 5.41 Å². The van der Waals surface area contributed by atoms with Crippen LogP contribution >= 0.6 is 24.8 Å². The molecule has 0 spiro atoms. The fourth-order valence-corrected chi connectivity index (χ4v) is 3.94. The summed E-state index contributed by atoms with van der Waals surface area (Å²) < 4.78 is 1.88. The Morgan fingerprint density at radius 1 is 1.19 bits per heavy atom. The van der Waals surface area contributed by atoms with Crippen LogP contribution in [0.15, 0.2) is 42.6 Å². The van der Waals surface area contributed by atoms with E-state index in [1.54, 1.807) is 6.20 Å². The smallest absolute Gasteiger partial charge is 0.252 e. The lowest BCUT2D eigenvalue weighted by Crippen LogP contribution is -2.42. The fraction of sp³-hybridized carbons (Fsp3) is 0.435.